The summed E-state index contributed by atoms with van der Waals surface area (Å²) < 4.78 is 27.9. The Labute approximate surface area is 161 Å². The van der Waals surface area contributed by atoms with Crippen molar-refractivity contribution in [2.45, 2.75) is 6.42 Å². The molecule has 0 saturated carbocycles. The molecule has 0 atom stereocenters. The molecule has 0 bridgehead atoms. The number of halogens is 2. The van der Waals surface area contributed by atoms with Gasteiger partial charge in [-0.1, -0.05) is 30.3 Å². The predicted molar refractivity (Wildman–Crippen MR) is 108 cm³/mol. The van der Waals surface area contributed by atoms with E-state index in [0.29, 0.717) is 36.0 Å². The van der Waals surface area contributed by atoms with Gasteiger partial charge in [0.1, 0.15) is 23.3 Å². The maximum Gasteiger partial charge on any atom is 0.146 e. The van der Waals surface area contributed by atoms with Crippen molar-refractivity contribution in [3.05, 3.63) is 90.1 Å². The summed E-state index contributed by atoms with van der Waals surface area (Å²) in [5, 5.41) is 11.3. The van der Waals surface area contributed by atoms with E-state index in [2.05, 4.69) is 10.3 Å². The van der Waals surface area contributed by atoms with E-state index >= 15 is 0 Å². The first-order valence-corrected chi connectivity index (χ1v) is 8.88. The SMILES string of the molecule is N=C1CC(c2ccnc(Nc3ccccc3F)c2)=CCN1c1ccccc1F. The molecule has 0 spiro atoms. The maximum atomic E-state index is 14.1. The number of benzene rings is 2. The summed E-state index contributed by atoms with van der Waals surface area (Å²) in [5.41, 5.74) is 2.60. The lowest BCUT2D eigenvalue weighted by Crippen LogP contribution is -2.34. The standard InChI is InChI=1S/C22H18F2N4/c23-17-5-1-3-7-19(17)27-22-14-15(9-11-26-22)16-10-12-28(21(25)13-16)20-8-4-2-6-18(20)24/h1-11,14,25H,12-13H2,(H,26,27). The highest BCUT2D eigenvalue weighted by atomic mass is 19.1. The van der Waals surface area contributed by atoms with Gasteiger partial charge in [-0.05, 0) is 47.5 Å². The fourth-order valence-electron chi connectivity index (χ4n) is 3.19. The third-order valence-corrected chi connectivity index (χ3v) is 4.61. The molecule has 6 heteroatoms. The molecule has 0 amide bonds. The van der Waals surface area contributed by atoms with Crippen molar-refractivity contribution >= 4 is 28.6 Å². The van der Waals surface area contributed by atoms with Crippen LogP contribution in [0.2, 0.25) is 0 Å². The molecule has 4 rings (SSSR count). The van der Waals surface area contributed by atoms with Crippen LogP contribution in [0.4, 0.5) is 26.0 Å². The van der Waals surface area contributed by atoms with Gasteiger partial charge in [0.05, 0.1) is 11.4 Å². The van der Waals surface area contributed by atoms with Crippen LogP contribution in [0.5, 0.6) is 0 Å². The van der Waals surface area contributed by atoms with Crippen molar-refractivity contribution in [2.24, 2.45) is 0 Å². The van der Waals surface area contributed by atoms with Gasteiger partial charge in [0, 0.05) is 19.2 Å². The number of anilines is 3. The zero-order valence-corrected chi connectivity index (χ0v) is 15.0. The summed E-state index contributed by atoms with van der Waals surface area (Å²) in [4.78, 5) is 5.90. The van der Waals surface area contributed by atoms with Crippen molar-refractivity contribution < 1.29 is 8.78 Å². The molecule has 4 nitrogen and oxygen atoms in total. The quantitative estimate of drug-likeness (QED) is 0.643. The molecule has 3 aromatic rings. The van der Waals surface area contributed by atoms with E-state index < -0.39 is 0 Å². The van der Waals surface area contributed by atoms with Crippen molar-refractivity contribution in [2.75, 3.05) is 16.8 Å². The van der Waals surface area contributed by atoms with Crippen LogP contribution in [-0.2, 0) is 0 Å². The lowest BCUT2D eigenvalue weighted by molar-refractivity contribution is 0.627. The highest BCUT2D eigenvalue weighted by Crippen LogP contribution is 2.29. The second-order valence-electron chi connectivity index (χ2n) is 6.45. The molecule has 0 aliphatic carbocycles. The Balaban J connectivity index is 1.56. The molecular weight excluding hydrogens is 358 g/mol. The van der Waals surface area contributed by atoms with Crippen molar-refractivity contribution in [3.63, 3.8) is 0 Å². The molecule has 1 aromatic heterocycles. The molecule has 0 fully saturated rings. The van der Waals surface area contributed by atoms with Crippen LogP contribution in [0.15, 0.2) is 72.9 Å². The molecule has 0 saturated heterocycles. The highest BCUT2D eigenvalue weighted by molar-refractivity contribution is 6.04. The molecular formula is C22H18F2N4. The van der Waals surface area contributed by atoms with Gasteiger partial charge in [-0.3, -0.25) is 5.41 Å². The van der Waals surface area contributed by atoms with E-state index in [9.17, 15) is 8.78 Å². The normalized spacial score (nSPS) is 14.0. The smallest absolute Gasteiger partial charge is 0.146 e. The molecule has 2 heterocycles. The number of hydrogen-bond donors (Lipinski definition) is 2. The van der Waals surface area contributed by atoms with E-state index in [-0.39, 0.29) is 11.6 Å². The summed E-state index contributed by atoms with van der Waals surface area (Å²) >= 11 is 0. The van der Waals surface area contributed by atoms with E-state index in [0.717, 1.165) is 11.1 Å². The number of aromatic nitrogens is 1. The number of hydrogen-bond acceptors (Lipinski definition) is 3. The molecule has 1 aliphatic rings. The number of nitrogens with zero attached hydrogens (tertiary/aromatic N) is 2. The maximum absolute atomic E-state index is 14.1. The van der Waals surface area contributed by atoms with Gasteiger partial charge in [0.25, 0.3) is 0 Å². The number of nitrogens with one attached hydrogen (secondary N) is 2. The van der Waals surface area contributed by atoms with E-state index in [4.69, 9.17) is 5.41 Å². The summed E-state index contributed by atoms with van der Waals surface area (Å²) in [6.07, 6.45) is 4.00. The highest BCUT2D eigenvalue weighted by Gasteiger charge is 2.21. The Bertz CT molecular complexity index is 1060. The van der Waals surface area contributed by atoms with Crippen LogP contribution in [0.1, 0.15) is 12.0 Å². The largest absolute Gasteiger partial charge is 0.338 e. The van der Waals surface area contributed by atoms with Gasteiger partial charge < -0.3 is 10.2 Å². The fraction of sp³-hybridized carbons (Fsp3) is 0.0909. The minimum absolute atomic E-state index is 0.322. The van der Waals surface area contributed by atoms with Gasteiger partial charge in [0.2, 0.25) is 0 Å². The van der Waals surface area contributed by atoms with E-state index in [1.54, 1.807) is 47.5 Å². The Kier molecular flexibility index (Phi) is 4.85. The summed E-state index contributed by atoms with van der Waals surface area (Å²) in [7, 11) is 0. The lowest BCUT2D eigenvalue weighted by atomic mass is 9.99. The molecule has 0 radical (unpaired) electrons. The molecule has 140 valence electrons. The van der Waals surface area contributed by atoms with Gasteiger partial charge in [-0.25, -0.2) is 13.8 Å². The van der Waals surface area contributed by atoms with Gasteiger partial charge in [0.15, 0.2) is 0 Å². The second kappa shape index (κ2) is 7.60. The number of amidine groups is 1. The lowest BCUT2D eigenvalue weighted by Gasteiger charge is -2.29. The average Bonchev–Trinajstić information content (AvgIpc) is 2.71. The first-order chi connectivity index (χ1) is 13.6. The monoisotopic (exact) mass is 376 g/mol. The number of pyridine rings is 1. The van der Waals surface area contributed by atoms with Crippen LogP contribution in [0, 0.1) is 17.0 Å². The van der Waals surface area contributed by atoms with Gasteiger partial charge in [-0.2, -0.15) is 0 Å². The van der Waals surface area contributed by atoms with Gasteiger partial charge in [-0.15, -0.1) is 0 Å². The van der Waals surface area contributed by atoms with E-state index in [1.165, 1.54) is 12.1 Å². The third kappa shape index (κ3) is 3.62. The molecule has 28 heavy (non-hydrogen) atoms. The van der Waals surface area contributed by atoms with Crippen molar-refractivity contribution in [1.82, 2.24) is 4.98 Å². The first kappa shape index (κ1) is 17.9. The van der Waals surface area contributed by atoms with Crippen LogP contribution in [0.25, 0.3) is 5.57 Å². The summed E-state index contributed by atoms with van der Waals surface area (Å²) in [5.74, 6) is 0.146. The Morgan fingerprint density at radius 1 is 0.964 bits per heavy atom. The molecule has 2 aromatic carbocycles. The third-order valence-electron chi connectivity index (χ3n) is 4.61. The molecule has 2 N–H and O–H groups in total. The Morgan fingerprint density at radius 3 is 2.46 bits per heavy atom. The van der Waals surface area contributed by atoms with Crippen molar-refractivity contribution in [3.8, 4) is 0 Å². The Hall–Kier alpha value is -3.54. The second-order valence-corrected chi connectivity index (χ2v) is 6.45. The van der Waals surface area contributed by atoms with Crippen LogP contribution >= 0.6 is 0 Å². The summed E-state index contributed by atoms with van der Waals surface area (Å²) in [6, 6.07) is 16.5. The van der Waals surface area contributed by atoms with Crippen LogP contribution < -0.4 is 10.2 Å². The van der Waals surface area contributed by atoms with Crippen LogP contribution in [0.3, 0.4) is 0 Å². The average molecular weight is 376 g/mol. The van der Waals surface area contributed by atoms with Gasteiger partial charge >= 0.3 is 0 Å². The van der Waals surface area contributed by atoms with Crippen LogP contribution in [-0.4, -0.2) is 17.4 Å². The minimum Gasteiger partial charge on any atom is -0.338 e. The zero-order chi connectivity index (χ0) is 19.5. The topological polar surface area (TPSA) is 52.0 Å². The minimum atomic E-state index is -0.353. The number of rotatable bonds is 4. The van der Waals surface area contributed by atoms with Crippen molar-refractivity contribution in [1.29, 1.82) is 5.41 Å². The summed E-state index contributed by atoms with van der Waals surface area (Å²) in [6.45, 7) is 0.410. The fourth-order valence-corrected chi connectivity index (χ4v) is 3.19. The Morgan fingerprint density at radius 2 is 1.71 bits per heavy atom. The zero-order valence-electron chi connectivity index (χ0n) is 15.0. The molecule has 0 unspecified atom stereocenters. The predicted octanol–water partition coefficient (Wildman–Crippen LogP) is 5.37. The first-order valence-electron chi connectivity index (χ1n) is 8.88. The number of para-hydroxylation sites is 2. The van der Waals surface area contributed by atoms with E-state index in [1.807, 2.05) is 18.2 Å². The molecule has 1 aliphatic heterocycles.